The fraction of sp³-hybridized carbons (Fsp3) is 0.429. The van der Waals surface area contributed by atoms with Crippen molar-refractivity contribution in [1.29, 1.82) is 0 Å². The molecule has 1 N–H and O–H groups in total. The van der Waals surface area contributed by atoms with Crippen LogP contribution in [0.4, 0.5) is 4.79 Å². The molecule has 0 aliphatic carbocycles. The summed E-state index contributed by atoms with van der Waals surface area (Å²) in [6.45, 7) is 0.337. The van der Waals surface area contributed by atoms with Gasteiger partial charge in [-0.25, -0.2) is 4.79 Å². The van der Waals surface area contributed by atoms with Gasteiger partial charge in [0.15, 0.2) is 0 Å². The largest absolute Gasteiger partial charge is 0.465 e. The summed E-state index contributed by atoms with van der Waals surface area (Å²) in [5, 5.41) is 12.7. The molecule has 0 saturated carbocycles. The third-order valence-electron chi connectivity index (χ3n) is 1.59. The second-order valence-electron chi connectivity index (χ2n) is 2.76. The third-order valence-corrected chi connectivity index (χ3v) is 2.26. The molecule has 0 aliphatic rings. The molecule has 0 fully saturated rings. The molecule has 0 aliphatic heterocycles. The van der Waals surface area contributed by atoms with Crippen LogP contribution in [0.5, 0.6) is 0 Å². The number of nitrogens with zero attached hydrogens (tertiary/aromatic N) is 3. The van der Waals surface area contributed by atoms with Gasteiger partial charge in [-0.2, -0.15) is 5.10 Å². The zero-order valence-corrected chi connectivity index (χ0v) is 8.95. The number of halogens is 1. The van der Waals surface area contributed by atoms with Crippen molar-refractivity contribution in [3.8, 4) is 0 Å². The van der Waals surface area contributed by atoms with Crippen molar-refractivity contribution in [2.75, 3.05) is 7.05 Å². The van der Waals surface area contributed by atoms with Crippen molar-refractivity contribution in [3.05, 3.63) is 16.4 Å². The van der Waals surface area contributed by atoms with Gasteiger partial charge in [-0.3, -0.25) is 4.68 Å². The van der Waals surface area contributed by atoms with Crippen molar-refractivity contribution in [3.63, 3.8) is 0 Å². The quantitative estimate of drug-likeness (QED) is 0.857. The van der Waals surface area contributed by atoms with Gasteiger partial charge >= 0.3 is 6.09 Å². The van der Waals surface area contributed by atoms with Crippen LogP contribution in [0.1, 0.15) is 5.56 Å². The van der Waals surface area contributed by atoms with E-state index in [9.17, 15) is 4.79 Å². The molecule has 0 unspecified atom stereocenters. The first kappa shape index (κ1) is 10.0. The summed E-state index contributed by atoms with van der Waals surface area (Å²) in [5.41, 5.74) is 0.854. The van der Waals surface area contributed by atoms with E-state index < -0.39 is 6.09 Å². The van der Waals surface area contributed by atoms with Crippen LogP contribution in [0.3, 0.4) is 0 Å². The van der Waals surface area contributed by atoms with Crippen LogP contribution in [-0.4, -0.2) is 32.9 Å². The average molecular weight is 248 g/mol. The van der Waals surface area contributed by atoms with Gasteiger partial charge in [-0.1, -0.05) is 0 Å². The van der Waals surface area contributed by atoms with Crippen LogP contribution in [0.15, 0.2) is 10.8 Å². The summed E-state index contributed by atoms with van der Waals surface area (Å²) in [7, 11) is 3.30. The molecule has 6 heteroatoms. The molecule has 1 rings (SSSR count). The molecule has 1 aromatic heterocycles. The molecule has 0 bridgehead atoms. The Balaban J connectivity index is 2.74. The Bertz CT molecular complexity index is 324. The fourth-order valence-corrected chi connectivity index (χ4v) is 1.42. The minimum atomic E-state index is -0.948. The predicted octanol–water partition coefficient (Wildman–Crippen LogP) is 1.29. The maximum atomic E-state index is 10.5. The van der Waals surface area contributed by atoms with Gasteiger partial charge in [-0.05, 0) is 15.9 Å². The molecule has 1 amide bonds. The van der Waals surface area contributed by atoms with Crippen LogP contribution in [0.25, 0.3) is 0 Å². The molecule has 0 radical (unpaired) electrons. The SMILES string of the molecule is CN(Cc1cn(C)nc1Br)C(=O)O. The number of aryl methyl sites for hydroxylation is 1. The first-order chi connectivity index (χ1) is 6.00. The number of rotatable bonds is 2. The number of carboxylic acid groups (broad SMARTS) is 1. The van der Waals surface area contributed by atoms with E-state index >= 15 is 0 Å². The average Bonchev–Trinajstić information content (AvgIpc) is 2.30. The Morgan fingerprint density at radius 3 is 2.85 bits per heavy atom. The number of aromatic nitrogens is 2. The minimum absolute atomic E-state index is 0.337. The molecule has 0 aromatic carbocycles. The van der Waals surface area contributed by atoms with Crippen molar-refractivity contribution in [2.24, 2.45) is 7.05 Å². The lowest BCUT2D eigenvalue weighted by molar-refractivity contribution is 0.153. The van der Waals surface area contributed by atoms with Crippen LogP contribution in [-0.2, 0) is 13.6 Å². The maximum Gasteiger partial charge on any atom is 0.407 e. The van der Waals surface area contributed by atoms with Gasteiger partial charge in [0.1, 0.15) is 4.60 Å². The second kappa shape index (κ2) is 3.78. The normalized spacial score (nSPS) is 10.1. The topological polar surface area (TPSA) is 58.4 Å². The van der Waals surface area contributed by atoms with Gasteiger partial charge in [0.25, 0.3) is 0 Å². The second-order valence-corrected chi connectivity index (χ2v) is 3.51. The van der Waals surface area contributed by atoms with Crippen molar-refractivity contribution >= 4 is 22.0 Å². The molecule has 13 heavy (non-hydrogen) atoms. The molecule has 1 aromatic rings. The maximum absolute atomic E-state index is 10.5. The van der Waals surface area contributed by atoms with Gasteiger partial charge in [0.05, 0.1) is 6.54 Å². The lowest BCUT2D eigenvalue weighted by atomic mass is 10.3. The van der Waals surface area contributed by atoms with Crippen molar-refractivity contribution < 1.29 is 9.90 Å². The van der Waals surface area contributed by atoms with Crippen LogP contribution >= 0.6 is 15.9 Å². The Kier molecular flexibility index (Phi) is 2.92. The van der Waals surface area contributed by atoms with Crippen molar-refractivity contribution in [2.45, 2.75) is 6.54 Å². The van der Waals surface area contributed by atoms with Crippen molar-refractivity contribution in [1.82, 2.24) is 14.7 Å². The Morgan fingerprint density at radius 2 is 2.46 bits per heavy atom. The van der Waals surface area contributed by atoms with Gasteiger partial charge in [0.2, 0.25) is 0 Å². The smallest absolute Gasteiger partial charge is 0.407 e. The van der Waals surface area contributed by atoms with Crippen LogP contribution in [0, 0.1) is 0 Å². The summed E-state index contributed by atoms with van der Waals surface area (Å²) in [6, 6.07) is 0. The Hall–Kier alpha value is -1.04. The fourth-order valence-electron chi connectivity index (χ4n) is 0.940. The first-order valence-electron chi connectivity index (χ1n) is 3.63. The van der Waals surface area contributed by atoms with E-state index in [2.05, 4.69) is 21.0 Å². The van der Waals surface area contributed by atoms with E-state index in [4.69, 9.17) is 5.11 Å². The third kappa shape index (κ3) is 2.45. The van der Waals surface area contributed by atoms with Gasteiger partial charge < -0.3 is 10.0 Å². The van der Waals surface area contributed by atoms with Gasteiger partial charge in [-0.15, -0.1) is 0 Å². The molecular weight excluding hydrogens is 238 g/mol. The lowest BCUT2D eigenvalue weighted by Crippen LogP contribution is -2.23. The highest BCUT2D eigenvalue weighted by molar-refractivity contribution is 9.10. The van der Waals surface area contributed by atoms with E-state index in [0.29, 0.717) is 11.1 Å². The zero-order chi connectivity index (χ0) is 10.0. The summed E-state index contributed by atoms with van der Waals surface area (Å²) in [5.74, 6) is 0. The molecule has 1 heterocycles. The Labute approximate surface area is 84.1 Å². The van der Waals surface area contributed by atoms with E-state index in [1.54, 1.807) is 17.9 Å². The molecule has 0 spiro atoms. The number of carbonyl (C=O) groups is 1. The molecule has 0 atom stereocenters. The summed E-state index contributed by atoms with van der Waals surface area (Å²) in [4.78, 5) is 11.7. The predicted molar refractivity (Wildman–Crippen MR) is 50.4 cm³/mol. The van der Waals surface area contributed by atoms with E-state index in [-0.39, 0.29) is 0 Å². The summed E-state index contributed by atoms with van der Waals surface area (Å²) in [6.07, 6.45) is 0.833. The summed E-state index contributed by atoms with van der Waals surface area (Å²) < 4.78 is 2.32. The first-order valence-corrected chi connectivity index (χ1v) is 4.42. The summed E-state index contributed by atoms with van der Waals surface area (Å²) >= 11 is 3.24. The highest BCUT2D eigenvalue weighted by atomic mass is 79.9. The number of amides is 1. The molecule has 5 nitrogen and oxygen atoms in total. The van der Waals surface area contributed by atoms with E-state index in [1.807, 2.05) is 0 Å². The zero-order valence-electron chi connectivity index (χ0n) is 7.36. The monoisotopic (exact) mass is 247 g/mol. The standard InChI is InChI=1S/C7H10BrN3O2/c1-10(7(12)13)3-5-4-11(2)9-6(5)8/h4H,3H2,1-2H3,(H,12,13). The van der Waals surface area contributed by atoms with E-state index in [1.165, 1.54) is 11.9 Å². The molecule has 0 saturated heterocycles. The number of hydrogen-bond acceptors (Lipinski definition) is 2. The lowest BCUT2D eigenvalue weighted by Gasteiger charge is -2.10. The number of hydrogen-bond donors (Lipinski definition) is 1. The highest BCUT2D eigenvalue weighted by Crippen LogP contribution is 2.14. The highest BCUT2D eigenvalue weighted by Gasteiger charge is 2.10. The minimum Gasteiger partial charge on any atom is -0.465 e. The van der Waals surface area contributed by atoms with Crippen LogP contribution in [0.2, 0.25) is 0 Å². The molecule has 72 valence electrons. The van der Waals surface area contributed by atoms with Crippen LogP contribution < -0.4 is 0 Å². The molecular formula is C7H10BrN3O2. The van der Waals surface area contributed by atoms with E-state index in [0.717, 1.165) is 5.56 Å². The Morgan fingerprint density at radius 1 is 1.85 bits per heavy atom. The van der Waals surface area contributed by atoms with Gasteiger partial charge in [0, 0.05) is 25.9 Å².